The summed E-state index contributed by atoms with van der Waals surface area (Å²) in [6.45, 7) is 9.45. The van der Waals surface area contributed by atoms with Crippen molar-refractivity contribution in [2.75, 3.05) is 24.6 Å². The second-order valence-corrected chi connectivity index (χ2v) is 5.46. The van der Waals surface area contributed by atoms with Crippen molar-refractivity contribution in [2.45, 2.75) is 27.2 Å². The lowest BCUT2D eigenvalue weighted by atomic mass is 9.70. The van der Waals surface area contributed by atoms with Crippen molar-refractivity contribution in [1.82, 2.24) is 5.32 Å². The molecular formula is C10H21NS. The Bertz CT molecular complexity index is 130. The molecule has 0 spiro atoms. The number of hydrogen-bond donors (Lipinski definition) is 1. The van der Waals surface area contributed by atoms with Gasteiger partial charge in [0.1, 0.15) is 0 Å². The van der Waals surface area contributed by atoms with Gasteiger partial charge in [0, 0.05) is 13.1 Å². The van der Waals surface area contributed by atoms with Gasteiger partial charge in [0.25, 0.3) is 0 Å². The number of nitrogens with one attached hydrogen (secondary N) is 1. The van der Waals surface area contributed by atoms with Gasteiger partial charge >= 0.3 is 0 Å². The van der Waals surface area contributed by atoms with Gasteiger partial charge in [-0.2, -0.15) is 11.8 Å². The fourth-order valence-corrected chi connectivity index (χ4v) is 2.58. The molecular weight excluding hydrogens is 166 g/mol. The summed E-state index contributed by atoms with van der Waals surface area (Å²) in [4.78, 5) is 0. The Morgan fingerprint density at radius 1 is 1.42 bits per heavy atom. The molecule has 0 aromatic rings. The maximum Gasteiger partial charge on any atom is 0.00230 e. The first-order valence-electron chi connectivity index (χ1n) is 5.00. The highest BCUT2D eigenvalue weighted by molar-refractivity contribution is 7.99. The van der Waals surface area contributed by atoms with Crippen molar-refractivity contribution in [3.05, 3.63) is 0 Å². The van der Waals surface area contributed by atoms with Crippen LogP contribution < -0.4 is 5.32 Å². The molecule has 1 aliphatic heterocycles. The molecule has 0 aliphatic carbocycles. The predicted molar refractivity (Wildman–Crippen MR) is 57.8 cm³/mol. The quantitative estimate of drug-likeness (QED) is 0.663. The van der Waals surface area contributed by atoms with E-state index >= 15 is 0 Å². The molecule has 72 valence electrons. The number of rotatable bonds is 5. The third-order valence-electron chi connectivity index (χ3n) is 3.13. The highest BCUT2D eigenvalue weighted by atomic mass is 32.2. The minimum absolute atomic E-state index is 0.641. The fourth-order valence-electron chi connectivity index (χ4n) is 1.74. The van der Waals surface area contributed by atoms with Gasteiger partial charge in [-0.1, -0.05) is 20.8 Å². The van der Waals surface area contributed by atoms with E-state index in [9.17, 15) is 0 Å². The topological polar surface area (TPSA) is 12.0 Å². The van der Waals surface area contributed by atoms with Gasteiger partial charge in [-0.05, 0) is 29.3 Å². The summed E-state index contributed by atoms with van der Waals surface area (Å²) in [7, 11) is 0. The maximum atomic E-state index is 3.40. The molecule has 0 saturated carbocycles. The van der Waals surface area contributed by atoms with Gasteiger partial charge in [0.05, 0.1) is 0 Å². The average molecular weight is 187 g/mol. The van der Waals surface area contributed by atoms with E-state index in [0.29, 0.717) is 5.41 Å². The molecule has 0 atom stereocenters. The third kappa shape index (κ3) is 2.17. The summed E-state index contributed by atoms with van der Waals surface area (Å²) < 4.78 is 0. The minimum atomic E-state index is 0.641. The van der Waals surface area contributed by atoms with Crippen LogP contribution in [0.2, 0.25) is 0 Å². The molecule has 1 fully saturated rings. The SMILES string of the molecule is CCSCCC1(C(C)C)CNC1. The molecule has 1 aliphatic rings. The molecule has 0 aromatic heterocycles. The first kappa shape index (κ1) is 10.4. The Morgan fingerprint density at radius 3 is 2.42 bits per heavy atom. The summed E-state index contributed by atoms with van der Waals surface area (Å²) in [6.07, 6.45) is 1.40. The van der Waals surface area contributed by atoms with Gasteiger partial charge in [0.2, 0.25) is 0 Å². The van der Waals surface area contributed by atoms with Crippen molar-refractivity contribution in [3.8, 4) is 0 Å². The van der Waals surface area contributed by atoms with Crippen LogP contribution in [-0.4, -0.2) is 24.6 Å². The highest BCUT2D eigenvalue weighted by Crippen LogP contribution is 2.36. The fraction of sp³-hybridized carbons (Fsp3) is 1.00. The van der Waals surface area contributed by atoms with Crippen LogP contribution in [-0.2, 0) is 0 Å². The Kier molecular flexibility index (Phi) is 3.91. The minimum Gasteiger partial charge on any atom is -0.316 e. The molecule has 1 saturated heterocycles. The van der Waals surface area contributed by atoms with Crippen LogP contribution >= 0.6 is 11.8 Å². The van der Waals surface area contributed by atoms with Gasteiger partial charge in [-0.25, -0.2) is 0 Å². The molecule has 0 amide bonds. The van der Waals surface area contributed by atoms with E-state index in [0.717, 1.165) is 5.92 Å². The molecule has 0 bridgehead atoms. The van der Waals surface area contributed by atoms with Crippen molar-refractivity contribution in [2.24, 2.45) is 11.3 Å². The normalized spacial score (nSPS) is 21.0. The molecule has 12 heavy (non-hydrogen) atoms. The van der Waals surface area contributed by atoms with Crippen molar-refractivity contribution in [1.29, 1.82) is 0 Å². The first-order chi connectivity index (χ1) is 5.71. The van der Waals surface area contributed by atoms with Gasteiger partial charge in [0.15, 0.2) is 0 Å². The Labute approximate surface area is 80.7 Å². The van der Waals surface area contributed by atoms with Crippen molar-refractivity contribution in [3.63, 3.8) is 0 Å². The van der Waals surface area contributed by atoms with Crippen LogP contribution in [0.25, 0.3) is 0 Å². The van der Waals surface area contributed by atoms with Crippen LogP contribution in [0.3, 0.4) is 0 Å². The largest absolute Gasteiger partial charge is 0.316 e. The highest BCUT2D eigenvalue weighted by Gasteiger charge is 2.38. The monoisotopic (exact) mass is 187 g/mol. The lowest BCUT2D eigenvalue weighted by Gasteiger charge is -2.46. The summed E-state index contributed by atoms with van der Waals surface area (Å²) in [6, 6.07) is 0. The zero-order valence-electron chi connectivity index (χ0n) is 8.52. The van der Waals surface area contributed by atoms with Crippen LogP contribution in [0.5, 0.6) is 0 Å². The van der Waals surface area contributed by atoms with Crippen LogP contribution in [0.4, 0.5) is 0 Å². The van der Waals surface area contributed by atoms with Crippen molar-refractivity contribution >= 4 is 11.8 Å². The Balaban J connectivity index is 2.25. The zero-order valence-corrected chi connectivity index (χ0v) is 9.34. The summed E-state index contributed by atoms with van der Waals surface area (Å²) in [5.74, 6) is 3.45. The van der Waals surface area contributed by atoms with Gasteiger partial charge in [-0.15, -0.1) is 0 Å². The zero-order chi connectivity index (χ0) is 9.03. The van der Waals surface area contributed by atoms with E-state index < -0.39 is 0 Å². The second kappa shape index (κ2) is 4.52. The average Bonchev–Trinajstić information content (AvgIpc) is 1.94. The molecule has 0 unspecified atom stereocenters. The van der Waals surface area contributed by atoms with Crippen molar-refractivity contribution < 1.29 is 0 Å². The second-order valence-electron chi connectivity index (χ2n) is 4.07. The van der Waals surface area contributed by atoms with Crippen LogP contribution in [0.1, 0.15) is 27.2 Å². The van der Waals surface area contributed by atoms with E-state index in [1.165, 1.54) is 31.0 Å². The summed E-state index contributed by atoms with van der Waals surface area (Å²) in [5.41, 5.74) is 0.641. The molecule has 2 heteroatoms. The predicted octanol–water partition coefficient (Wildman–Crippen LogP) is 2.38. The first-order valence-corrected chi connectivity index (χ1v) is 6.15. The Hall–Kier alpha value is 0.310. The standard InChI is InChI=1S/C10H21NS/c1-4-12-6-5-10(9(2)3)7-11-8-10/h9,11H,4-8H2,1-3H3. The molecule has 1 nitrogen and oxygen atoms in total. The summed E-state index contributed by atoms with van der Waals surface area (Å²) in [5, 5.41) is 3.40. The van der Waals surface area contributed by atoms with E-state index in [1.807, 2.05) is 0 Å². The molecule has 1 rings (SSSR count). The maximum absolute atomic E-state index is 3.40. The Morgan fingerprint density at radius 2 is 2.08 bits per heavy atom. The number of thioether (sulfide) groups is 1. The molecule has 1 heterocycles. The van der Waals surface area contributed by atoms with Crippen LogP contribution in [0, 0.1) is 11.3 Å². The van der Waals surface area contributed by atoms with Gasteiger partial charge in [-0.3, -0.25) is 0 Å². The van der Waals surface area contributed by atoms with E-state index in [2.05, 4.69) is 37.8 Å². The summed E-state index contributed by atoms with van der Waals surface area (Å²) >= 11 is 2.07. The van der Waals surface area contributed by atoms with E-state index in [4.69, 9.17) is 0 Å². The lowest BCUT2D eigenvalue weighted by molar-refractivity contribution is 0.0956. The van der Waals surface area contributed by atoms with Gasteiger partial charge < -0.3 is 5.32 Å². The molecule has 1 N–H and O–H groups in total. The lowest BCUT2D eigenvalue weighted by Crippen LogP contribution is -2.56. The smallest absolute Gasteiger partial charge is 0.00230 e. The van der Waals surface area contributed by atoms with Crippen LogP contribution in [0.15, 0.2) is 0 Å². The van der Waals surface area contributed by atoms with E-state index in [-0.39, 0.29) is 0 Å². The molecule has 0 radical (unpaired) electrons. The number of hydrogen-bond acceptors (Lipinski definition) is 2. The van der Waals surface area contributed by atoms with E-state index in [1.54, 1.807) is 0 Å². The molecule has 0 aromatic carbocycles. The third-order valence-corrected chi connectivity index (χ3v) is 4.03.